The third-order valence-electron chi connectivity index (χ3n) is 3.18. The first kappa shape index (κ1) is 11.9. The normalized spacial score (nSPS) is 12.1. The Morgan fingerprint density at radius 1 is 1.06 bits per heavy atom. The summed E-state index contributed by atoms with van der Waals surface area (Å²) in [6.07, 6.45) is 1.96. The van der Waals surface area contributed by atoms with Gasteiger partial charge < -0.3 is 4.57 Å². The van der Waals surface area contributed by atoms with Crippen molar-refractivity contribution >= 4 is 10.8 Å². The van der Waals surface area contributed by atoms with Crippen molar-refractivity contribution in [2.24, 2.45) is 0 Å². The SMILES string of the molecule is Cc1cn(C(C)(C)C)c(=O)c2c(C)cccc12. The van der Waals surface area contributed by atoms with Gasteiger partial charge >= 0.3 is 0 Å². The molecule has 2 rings (SSSR count). The lowest BCUT2D eigenvalue weighted by Gasteiger charge is -2.24. The Kier molecular flexibility index (Phi) is 2.61. The van der Waals surface area contributed by atoms with E-state index >= 15 is 0 Å². The van der Waals surface area contributed by atoms with Gasteiger partial charge in [-0.2, -0.15) is 0 Å². The molecule has 1 aromatic heterocycles. The van der Waals surface area contributed by atoms with Crippen LogP contribution in [0.25, 0.3) is 10.8 Å². The van der Waals surface area contributed by atoms with Crippen molar-refractivity contribution in [2.45, 2.75) is 40.2 Å². The molecule has 0 saturated carbocycles. The zero-order chi connectivity index (χ0) is 12.8. The van der Waals surface area contributed by atoms with Crippen molar-refractivity contribution in [1.29, 1.82) is 0 Å². The van der Waals surface area contributed by atoms with Crippen LogP contribution in [0.2, 0.25) is 0 Å². The van der Waals surface area contributed by atoms with Crippen molar-refractivity contribution in [3.8, 4) is 0 Å². The van der Waals surface area contributed by atoms with E-state index in [1.807, 2.05) is 35.9 Å². The second-order valence-electron chi connectivity index (χ2n) is 5.66. The third kappa shape index (κ3) is 1.88. The molecule has 90 valence electrons. The summed E-state index contributed by atoms with van der Waals surface area (Å²) < 4.78 is 1.83. The van der Waals surface area contributed by atoms with Crippen LogP contribution in [0.5, 0.6) is 0 Å². The van der Waals surface area contributed by atoms with E-state index in [-0.39, 0.29) is 11.1 Å². The summed E-state index contributed by atoms with van der Waals surface area (Å²) in [4.78, 5) is 12.5. The van der Waals surface area contributed by atoms with Crippen LogP contribution in [0.3, 0.4) is 0 Å². The maximum atomic E-state index is 12.5. The standard InChI is InChI=1S/C15H19NO/c1-10-7-6-8-12-11(2)9-16(15(3,4)5)14(17)13(10)12/h6-9H,1-5H3. The number of aryl methyl sites for hydroxylation is 2. The number of hydrogen-bond acceptors (Lipinski definition) is 1. The van der Waals surface area contributed by atoms with E-state index < -0.39 is 0 Å². The fourth-order valence-corrected chi connectivity index (χ4v) is 2.22. The van der Waals surface area contributed by atoms with Crippen LogP contribution in [0.1, 0.15) is 31.9 Å². The highest BCUT2D eigenvalue weighted by molar-refractivity contribution is 5.87. The van der Waals surface area contributed by atoms with E-state index in [4.69, 9.17) is 0 Å². The predicted molar refractivity (Wildman–Crippen MR) is 72.7 cm³/mol. The topological polar surface area (TPSA) is 22.0 Å². The van der Waals surface area contributed by atoms with Crippen molar-refractivity contribution in [2.75, 3.05) is 0 Å². The molecular formula is C15H19NO. The largest absolute Gasteiger partial charge is 0.309 e. The molecule has 2 aromatic rings. The van der Waals surface area contributed by atoms with E-state index in [9.17, 15) is 4.79 Å². The van der Waals surface area contributed by atoms with Gasteiger partial charge in [0.15, 0.2) is 0 Å². The summed E-state index contributed by atoms with van der Waals surface area (Å²) in [5.41, 5.74) is 2.13. The summed E-state index contributed by atoms with van der Waals surface area (Å²) >= 11 is 0. The van der Waals surface area contributed by atoms with E-state index in [2.05, 4.69) is 27.7 Å². The number of nitrogens with zero attached hydrogens (tertiary/aromatic N) is 1. The average Bonchev–Trinajstić information content (AvgIpc) is 2.21. The molecule has 2 nitrogen and oxygen atoms in total. The zero-order valence-electron chi connectivity index (χ0n) is 11.2. The van der Waals surface area contributed by atoms with Crippen molar-refractivity contribution in [1.82, 2.24) is 4.57 Å². The van der Waals surface area contributed by atoms with Crippen LogP contribution in [0, 0.1) is 13.8 Å². The summed E-state index contributed by atoms with van der Waals surface area (Å²) in [5, 5.41) is 1.91. The summed E-state index contributed by atoms with van der Waals surface area (Å²) in [6, 6.07) is 6.02. The van der Waals surface area contributed by atoms with Gasteiger partial charge in [-0.1, -0.05) is 18.2 Å². The molecule has 0 radical (unpaired) electrons. The zero-order valence-corrected chi connectivity index (χ0v) is 11.2. The molecule has 0 atom stereocenters. The van der Waals surface area contributed by atoms with Crippen molar-refractivity contribution < 1.29 is 0 Å². The minimum absolute atomic E-state index is 0.108. The molecule has 0 aliphatic rings. The fourth-order valence-electron chi connectivity index (χ4n) is 2.22. The minimum Gasteiger partial charge on any atom is -0.309 e. The van der Waals surface area contributed by atoms with Crippen LogP contribution in [0.15, 0.2) is 29.2 Å². The Bertz CT molecular complexity index is 630. The maximum absolute atomic E-state index is 12.5. The lowest BCUT2D eigenvalue weighted by atomic mass is 10.0. The smallest absolute Gasteiger partial charge is 0.259 e. The molecule has 0 spiro atoms. The summed E-state index contributed by atoms with van der Waals surface area (Å²) in [5.74, 6) is 0. The minimum atomic E-state index is -0.182. The number of rotatable bonds is 0. The van der Waals surface area contributed by atoms with Crippen LogP contribution in [0.4, 0.5) is 0 Å². The molecule has 1 aromatic carbocycles. The number of benzene rings is 1. The number of fused-ring (bicyclic) bond motifs is 1. The molecule has 0 amide bonds. The molecule has 1 heterocycles. The summed E-state index contributed by atoms with van der Waals surface area (Å²) in [7, 11) is 0. The molecule has 0 unspecified atom stereocenters. The molecular weight excluding hydrogens is 210 g/mol. The van der Waals surface area contributed by atoms with Crippen LogP contribution in [-0.4, -0.2) is 4.57 Å². The second kappa shape index (κ2) is 3.73. The Balaban J connectivity index is 2.99. The third-order valence-corrected chi connectivity index (χ3v) is 3.18. The van der Waals surface area contributed by atoms with Gasteiger partial charge in [-0.15, -0.1) is 0 Å². The van der Waals surface area contributed by atoms with Gasteiger partial charge in [0.25, 0.3) is 5.56 Å². The van der Waals surface area contributed by atoms with Gasteiger partial charge in [0.2, 0.25) is 0 Å². The van der Waals surface area contributed by atoms with E-state index in [0.29, 0.717) is 0 Å². The van der Waals surface area contributed by atoms with Crippen LogP contribution in [-0.2, 0) is 5.54 Å². The first-order chi connectivity index (χ1) is 7.82. The highest BCUT2D eigenvalue weighted by atomic mass is 16.1. The van der Waals surface area contributed by atoms with Gasteiger partial charge in [0.1, 0.15) is 0 Å². The van der Waals surface area contributed by atoms with E-state index in [0.717, 1.165) is 21.9 Å². The predicted octanol–water partition coefficient (Wildman–Crippen LogP) is 3.37. The maximum Gasteiger partial charge on any atom is 0.259 e. The molecule has 17 heavy (non-hydrogen) atoms. The number of hydrogen-bond donors (Lipinski definition) is 0. The van der Waals surface area contributed by atoms with Crippen LogP contribution < -0.4 is 5.56 Å². The first-order valence-corrected chi connectivity index (χ1v) is 5.94. The second-order valence-corrected chi connectivity index (χ2v) is 5.66. The molecule has 0 saturated heterocycles. The number of aromatic nitrogens is 1. The van der Waals surface area contributed by atoms with Gasteiger partial charge in [-0.05, 0) is 51.1 Å². The monoisotopic (exact) mass is 229 g/mol. The lowest BCUT2D eigenvalue weighted by molar-refractivity contribution is 0.385. The fraction of sp³-hybridized carbons (Fsp3) is 0.400. The molecule has 2 heteroatoms. The summed E-state index contributed by atoms with van der Waals surface area (Å²) in [6.45, 7) is 10.2. The van der Waals surface area contributed by atoms with Gasteiger partial charge in [0.05, 0.1) is 5.39 Å². The molecule has 0 aliphatic heterocycles. The quantitative estimate of drug-likeness (QED) is 0.679. The lowest BCUT2D eigenvalue weighted by Crippen LogP contribution is -2.34. The van der Waals surface area contributed by atoms with E-state index in [1.165, 1.54) is 0 Å². The number of pyridine rings is 1. The van der Waals surface area contributed by atoms with Gasteiger partial charge in [-0.25, -0.2) is 0 Å². The highest BCUT2D eigenvalue weighted by Gasteiger charge is 2.17. The molecule has 0 N–H and O–H groups in total. The van der Waals surface area contributed by atoms with Crippen molar-refractivity contribution in [3.63, 3.8) is 0 Å². The van der Waals surface area contributed by atoms with Crippen LogP contribution >= 0.6 is 0 Å². The highest BCUT2D eigenvalue weighted by Crippen LogP contribution is 2.21. The molecule has 0 bridgehead atoms. The average molecular weight is 229 g/mol. The Hall–Kier alpha value is -1.57. The van der Waals surface area contributed by atoms with Gasteiger partial charge in [0, 0.05) is 11.7 Å². The van der Waals surface area contributed by atoms with Crippen molar-refractivity contribution in [3.05, 3.63) is 45.9 Å². The Labute approximate surface area is 102 Å². The Morgan fingerprint density at radius 2 is 1.71 bits per heavy atom. The molecule has 0 aliphatic carbocycles. The Morgan fingerprint density at radius 3 is 2.29 bits per heavy atom. The van der Waals surface area contributed by atoms with Gasteiger partial charge in [-0.3, -0.25) is 4.79 Å². The molecule has 0 fully saturated rings. The van der Waals surface area contributed by atoms with E-state index in [1.54, 1.807) is 0 Å². The first-order valence-electron chi connectivity index (χ1n) is 5.94.